The first kappa shape index (κ1) is 14.8. The summed E-state index contributed by atoms with van der Waals surface area (Å²) in [6, 6.07) is 0.432. The van der Waals surface area contributed by atoms with Crippen molar-refractivity contribution in [3.8, 4) is 0 Å². The number of carboxylic acid groups (broad SMARTS) is 1. The van der Waals surface area contributed by atoms with Gasteiger partial charge in [-0.1, -0.05) is 19.3 Å². The minimum atomic E-state index is -0.729. The number of nitrogens with zero attached hydrogens (tertiary/aromatic N) is 1. The van der Waals surface area contributed by atoms with Gasteiger partial charge in [-0.15, -0.1) is 11.3 Å². The minimum Gasteiger partial charge on any atom is -0.481 e. The summed E-state index contributed by atoms with van der Waals surface area (Å²) >= 11 is 1.66. The summed E-state index contributed by atoms with van der Waals surface area (Å²) in [6.45, 7) is 2.24. The molecule has 116 valence electrons. The lowest BCUT2D eigenvalue weighted by Crippen LogP contribution is -2.27. The SMILES string of the molecule is CC(Nc1nc2c(s1)CCCC2C(=O)O)C1CCCCC1. The van der Waals surface area contributed by atoms with Crippen molar-refractivity contribution in [1.29, 1.82) is 0 Å². The molecule has 3 rings (SSSR count). The predicted octanol–water partition coefficient (Wildman–Crippen LogP) is 4.03. The summed E-state index contributed by atoms with van der Waals surface area (Å²) in [6.07, 6.45) is 9.32. The quantitative estimate of drug-likeness (QED) is 0.881. The first-order valence-corrected chi connectivity index (χ1v) is 8.95. The molecule has 1 aromatic heterocycles. The Morgan fingerprint density at radius 3 is 2.76 bits per heavy atom. The van der Waals surface area contributed by atoms with Gasteiger partial charge in [0.15, 0.2) is 5.13 Å². The molecule has 1 fully saturated rings. The molecular formula is C16H24N2O2S. The second kappa shape index (κ2) is 6.34. The van der Waals surface area contributed by atoms with E-state index in [1.54, 1.807) is 11.3 Å². The lowest BCUT2D eigenvalue weighted by Gasteiger charge is -2.28. The Hall–Kier alpha value is -1.10. The summed E-state index contributed by atoms with van der Waals surface area (Å²) in [5, 5.41) is 13.8. The maximum Gasteiger partial charge on any atom is 0.312 e. The number of aliphatic carboxylic acids is 1. The Morgan fingerprint density at radius 1 is 1.29 bits per heavy atom. The van der Waals surface area contributed by atoms with Gasteiger partial charge in [-0.05, 0) is 44.9 Å². The van der Waals surface area contributed by atoms with E-state index in [-0.39, 0.29) is 0 Å². The highest BCUT2D eigenvalue weighted by atomic mass is 32.1. The van der Waals surface area contributed by atoms with Gasteiger partial charge < -0.3 is 10.4 Å². The number of hydrogen-bond acceptors (Lipinski definition) is 4. The Morgan fingerprint density at radius 2 is 2.05 bits per heavy atom. The number of carboxylic acids is 1. The molecule has 2 unspecified atom stereocenters. The van der Waals surface area contributed by atoms with Crippen molar-refractivity contribution in [2.45, 2.75) is 70.3 Å². The van der Waals surface area contributed by atoms with Crippen molar-refractivity contribution in [2.24, 2.45) is 5.92 Å². The Balaban J connectivity index is 1.70. The number of fused-ring (bicyclic) bond motifs is 1. The average molecular weight is 308 g/mol. The fourth-order valence-electron chi connectivity index (χ4n) is 3.67. The fraction of sp³-hybridized carbons (Fsp3) is 0.750. The van der Waals surface area contributed by atoms with Crippen LogP contribution in [0.3, 0.4) is 0 Å². The number of thiazole rings is 1. The molecule has 21 heavy (non-hydrogen) atoms. The van der Waals surface area contributed by atoms with Crippen LogP contribution in [0.1, 0.15) is 68.4 Å². The van der Waals surface area contributed by atoms with Gasteiger partial charge in [0.1, 0.15) is 5.92 Å². The third-order valence-corrected chi connectivity index (χ3v) is 6.02. The maximum absolute atomic E-state index is 11.3. The number of nitrogens with one attached hydrogen (secondary N) is 1. The normalized spacial score (nSPS) is 24.3. The second-order valence-corrected chi connectivity index (χ2v) is 7.53. The van der Waals surface area contributed by atoms with E-state index < -0.39 is 11.9 Å². The molecule has 0 aliphatic heterocycles. The van der Waals surface area contributed by atoms with Crippen LogP contribution in [0.4, 0.5) is 5.13 Å². The molecule has 2 aliphatic carbocycles. The van der Waals surface area contributed by atoms with Gasteiger partial charge in [-0.3, -0.25) is 4.79 Å². The molecule has 2 N–H and O–H groups in total. The van der Waals surface area contributed by atoms with Crippen LogP contribution in [0.5, 0.6) is 0 Å². The highest BCUT2D eigenvalue weighted by molar-refractivity contribution is 7.15. The molecule has 0 spiro atoms. The number of rotatable bonds is 4. The van der Waals surface area contributed by atoms with Crippen molar-refractivity contribution in [3.05, 3.63) is 10.6 Å². The molecule has 2 aliphatic rings. The van der Waals surface area contributed by atoms with Crippen LogP contribution < -0.4 is 5.32 Å². The van der Waals surface area contributed by atoms with Gasteiger partial charge in [-0.2, -0.15) is 0 Å². The predicted molar refractivity (Wildman–Crippen MR) is 85.1 cm³/mol. The van der Waals surface area contributed by atoms with Crippen molar-refractivity contribution < 1.29 is 9.90 Å². The Labute approximate surface area is 130 Å². The molecule has 0 radical (unpaired) electrons. The standard InChI is InChI=1S/C16H24N2O2S/c1-10(11-6-3-2-4-7-11)17-16-18-14-12(15(19)20)8-5-9-13(14)21-16/h10-12H,2-9H2,1H3,(H,17,18)(H,19,20). The fourth-order valence-corrected chi connectivity index (χ4v) is 4.83. The Kier molecular flexibility index (Phi) is 4.48. The van der Waals surface area contributed by atoms with Crippen molar-refractivity contribution in [2.75, 3.05) is 5.32 Å². The molecule has 0 aromatic carbocycles. The summed E-state index contributed by atoms with van der Waals surface area (Å²) in [5.74, 6) is -0.395. The average Bonchev–Trinajstić information content (AvgIpc) is 2.89. The zero-order valence-corrected chi connectivity index (χ0v) is 13.4. The molecule has 0 bridgehead atoms. The largest absolute Gasteiger partial charge is 0.481 e. The van der Waals surface area contributed by atoms with Gasteiger partial charge in [0.25, 0.3) is 0 Å². The van der Waals surface area contributed by atoms with Crippen LogP contribution in [0.2, 0.25) is 0 Å². The summed E-state index contributed by atoms with van der Waals surface area (Å²) < 4.78 is 0. The molecule has 1 heterocycles. The highest BCUT2D eigenvalue weighted by Crippen LogP contribution is 2.37. The van der Waals surface area contributed by atoms with Crippen LogP contribution in [-0.4, -0.2) is 22.1 Å². The number of aryl methyl sites for hydroxylation is 1. The molecule has 1 aromatic rings. The topological polar surface area (TPSA) is 62.2 Å². The van der Waals surface area contributed by atoms with E-state index in [9.17, 15) is 9.90 Å². The van der Waals surface area contributed by atoms with Gasteiger partial charge in [0, 0.05) is 10.9 Å². The zero-order valence-electron chi connectivity index (χ0n) is 12.6. The molecule has 0 saturated heterocycles. The smallest absolute Gasteiger partial charge is 0.312 e. The van der Waals surface area contributed by atoms with Crippen LogP contribution in [0.25, 0.3) is 0 Å². The third-order valence-electron chi connectivity index (χ3n) is 4.96. The number of aromatic nitrogens is 1. The van der Waals surface area contributed by atoms with Crippen LogP contribution in [-0.2, 0) is 11.2 Å². The summed E-state index contributed by atoms with van der Waals surface area (Å²) in [7, 11) is 0. The molecule has 2 atom stereocenters. The number of anilines is 1. The van der Waals surface area contributed by atoms with Crippen molar-refractivity contribution in [3.63, 3.8) is 0 Å². The van der Waals surface area contributed by atoms with E-state index in [4.69, 9.17) is 0 Å². The minimum absolute atomic E-state index is 0.398. The van der Waals surface area contributed by atoms with E-state index in [0.29, 0.717) is 6.04 Å². The van der Waals surface area contributed by atoms with E-state index in [2.05, 4.69) is 17.2 Å². The van der Waals surface area contributed by atoms with Crippen LogP contribution >= 0.6 is 11.3 Å². The monoisotopic (exact) mass is 308 g/mol. The first-order valence-electron chi connectivity index (χ1n) is 8.14. The van der Waals surface area contributed by atoms with Gasteiger partial charge in [-0.25, -0.2) is 4.98 Å². The summed E-state index contributed by atoms with van der Waals surface area (Å²) in [4.78, 5) is 17.1. The molecule has 0 amide bonds. The maximum atomic E-state index is 11.3. The highest BCUT2D eigenvalue weighted by Gasteiger charge is 2.30. The number of hydrogen-bond donors (Lipinski definition) is 2. The van der Waals surface area contributed by atoms with Crippen LogP contribution in [0.15, 0.2) is 0 Å². The molecule has 5 heteroatoms. The van der Waals surface area contributed by atoms with E-state index in [0.717, 1.165) is 36.0 Å². The molecule has 1 saturated carbocycles. The lowest BCUT2D eigenvalue weighted by atomic mass is 9.85. The van der Waals surface area contributed by atoms with Crippen LogP contribution in [0, 0.1) is 5.92 Å². The van der Waals surface area contributed by atoms with Crippen molar-refractivity contribution in [1.82, 2.24) is 4.98 Å². The lowest BCUT2D eigenvalue weighted by molar-refractivity contribution is -0.139. The second-order valence-electron chi connectivity index (χ2n) is 6.44. The van der Waals surface area contributed by atoms with E-state index >= 15 is 0 Å². The zero-order chi connectivity index (χ0) is 14.8. The summed E-state index contributed by atoms with van der Waals surface area (Å²) in [5.41, 5.74) is 0.817. The van der Waals surface area contributed by atoms with Crippen molar-refractivity contribution >= 4 is 22.4 Å². The number of carbonyl (C=O) groups is 1. The Bertz CT molecular complexity index is 508. The van der Waals surface area contributed by atoms with Gasteiger partial charge >= 0.3 is 5.97 Å². The van der Waals surface area contributed by atoms with E-state index in [1.165, 1.54) is 37.0 Å². The third kappa shape index (κ3) is 3.23. The molecule has 4 nitrogen and oxygen atoms in total. The first-order chi connectivity index (χ1) is 10.1. The van der Waals surface area contributed by atoms with Gasteiger partial charge in [0.2, 0.25) is 0 Å². The van der Waals surface area contributed by atoms with Gasteiger partial charge in [0.05, 0.1) is 5.69 Å². The van der Waals surface area contributed by atoms with E-state index in [1.807, 2.05) is 0 Å². The molecular weight excluding hydrogens is 284 g/mol.